The molecule has 0 saturated carbocycles. The fourth-order valence-electron chi connectivity index (χ4n) is 5.93. The maximum absolute atomic E-state index is 12.4. The SMILES string of the molecule is CCCC/C=C/CC/C=C/CCCC(O)C(O)C(CO)NC(=O)C(O)CCCCCCCCCCCCCCCCCCCCC. The van der Waals surface area contributed by atoms with Crippen LogP contribution in [0.2, 0.25) is 0 Å². The second-order valence-electron chi connectivity index (χ2n) is 13.6. The van der Waals surface area contributed by atoms with Crippen molar-refractivity contribution in [3.05, 3.63) is 24.3 Å². The predicted octanol–water partition coefficient (Wildman–Crippen LogP) is 9.62. The van der Waals surface area contributed by atoms with Crippen molar-refractivity contribution in [2.45, 2.75) is 218 Å². The molecule has 6 heteroatoms. The van der Waals surface area contributed by atoms with Gasteiger partial charge in [0.05, 0.1) is 18.8 Å². The fraction of sp³-hybridized carbons (Fsp3) is 0.875. The standard InChI is InChI=1S/C40H77NO5/c1-3-5-7-9-11-13-15-16-17-18-19-20-21-22-24-26-28-30-32-34-38(44)40(46)41-36(35-42)39(45)37(43)33-31-29-27-25-23-14-12-10-8-6-4-2/h10,12,25,27,36-39,42-45H,3-9,11,13-24,26,28-35H2,1-2H3,(H,41,46)/b12-10+,27-25+. The monoisotopic (exact) mass is 652 g/mol. The van der Waals surface area contributed by atoms with Crippen LogP contribution in [0.1, 0.15) is 194 Å². The van der Waals surface area contributed by atoms with Gasteiger partial charge in [0.1, 0.15) is 12.2 Å². The van der Waals surface area contributed by atoms with Crippen LogP contribution >= 0.6 is 0 Å². The molecule has 0 radical (unpaired) electrons. The number of amides is 1. The average molecular weight is 652 g/mol. The molecule has 0 aliphatic heterocycles. The summed E-state index contributed by atoms with van der Waals surface area (Å²) in [7, 11) is 0. The summed E-state index contributed by atoms with van der Waals surface area (Å²) < 4.78 is 0. The summed E-state index contributed by atoms with van der Waals surface area (Å²) in [5.74, 6) is -0.598. The summed E-state index contributed by atoms with van der Waals surface area (Å²) in [5.41, 5.74) is 0. The first-order valence-electron chi connectivity index (χ1n) is 19.7. The van der Waals surface area contributed by atoms with Crippen LogP contribution in [-0.2, 0) is 4.79 Å². The van der Waals surface area contributed by atoms with Crippen LogP contribution in [0.15, 0.2) is 24.3 Å². The molecule has 0 spiro atoms. The summed E-state index contributed by atoms with van der Waals surface area (Å²) in [5, 5.41) is 43.4. The van der Waals surface area contributed by atoms with Gasteiger partial charge in [-0.25, -0.2) is 0 Å². The maximum atomic E-state index is 12.4. The van der Waals surface area contributed by atoms with Crippen molar-refractivity contribution < 1.29 is 25.2 Å². The highest BCUT2D eigenvalue weighted by Crippen LogP contribution is 2.16. The van der Waals surface area contributed by atoms with E-state index in [4.69, 9.17) is 0 Å². The molecule has 1 amide bonds. The largest absolute Gasteiger partial charge is 0.394 e. The van der Waals surface area contributed by atoms with E-state index in [1.807, 2.05) is 0 Å². The summed E-state index contributed by atoms with van der Waals surface area (Å²) in [6.45, 7) is 3.97. The molecule has 0 aliphatic carbocycles. The zero-order valence-electron chi connectivity index (χ0n) is 30.3. The number of hydrogen-bond acceptors (Lipinski definition) is 5. The van der Waals surface area contributed by atoms with Gasteiger partial charge in [0.2, 0.25) is 5.91 Å². The summed E-state index contributed by atoms with van der Waals surface area (Å²) in [4.78, 5) is 12.4. The molecular weight excluding hydrogens is 574 g/mol. The second kappa shape index (κ2) is 35.1. The minimum Gasteiger partial charge on any atom is -0.394 e. The second-order valence-corrected chi connectivity index (χ2v) is 13.6. The Hall–Kier alpha value is -1.21. The Morgan fingerprint density at radius 2 is 0.913 bits per heavy atom. The van der Waals surface area contributed by atoms with Gasteiger partial charge in [-0.15, -0.1) is 0 Å². The smallest absolute Gasteiger partial charge is 0.249 e. The van der Waals surface area contributed by atoms with Crippen LogP contribution in [-0.4, -0.2) is 57.3 Å². The number of aliphatic hydroxyl groups excluding tert-OH is 4. The predicted molar refractivity (Wildman–Crippen MR) is 196 cm³/mol. The lowest BCUT2D eigenvalue weighted by Crippen LogP contribution is -2.53. The van der Waals surface area contributed by atoms with E-state index in [0.29, 0.717) is 19.3 Å². The molecule has 5 N–H and O–H groups in total. The van der Waals surface area contributed by atoms with E-state index in [0.717, 1.165) is 44.9 Å². The number of unbranched alkanes of at least 4 members (excludes halogenated alkanes) is 22. The number of aliphatic hydroxyl groups is 4. The van der Waals surface area contributed by atoms with Crippen molar-refractivity contribution in [2.75, 3.05) is 6.61 Å². The van der Waals surface area contributed by atoms with Crippen molar-refractivity contribution in [1.29, 1.82) is 0 Å². The van der Waals surface area contributed by atoms with Crippen molar-refractivity contribution in [3.8, 4) is 0 Å². The Balaban J connectivity index is 3.77. The van der Waals surface area contributed by atoms with Crippen LogP contribution in [0.5, 0.6) is 0 Å². The molecule has 0 aliphatic rings. The maximum Gasteiger partial charge on any atom is 0.249 e. The van der Waals surface area contributed by atoms with E-state index in [2.05, 4.69) is 43.5 Å². The van der Waals surface area contributed by atoms with Crippen LogP contribution in [0.25, 0.3) is 0 Å². The van der Waals surface area contributed by atoms with Gasteiger partial charge in [-0.05, 0) is 44.9 Å². The molecule has 0 aromatic carbocycles. The number of hydrogen-bond donors (Lipinski definition) is 5. The van der Waals surface area contributed by atoms with E-state index in [-0.39, 0.29) is 0 Å². The molecule has 0 fully saturated rings. The molecule has 272 valence electrons. The number of nitrogens with one attached hydrogen (secondary N) is 1. The lowest BCUT2D eigenvalue weighted by molar-refractivity contribution is -0.132. The Morgan fingerprint density at radius 3 is 1.35 bits per heavy atom. The van der Waals surface area contributed by atoms with Crippen molar-refractivity contribution in [1.82, 2.24) is 5.32 Å². The first kappa shape index (κ1) is 44.8. The molecule has 4 unspecified atom stereocenters. The van der Waals surface area contributed by atoms with Crippen LogP contribution in [0.4, 0.5) is 0 Å². The number of rotatable bonds is 35. The zero-order chi connectivity index (χ0) is 33.9. The van der Waals surface area contributed by atoms with E-state index in [1.165, 1.54) is 116 Å². The van der Waals surface area contributed by atoms with Gasteiger partial charge < -0.3 is 25.7 Å². The minimum atomic E-state index is -1.28. The van der Waals surface area contributed by atoms with Gasteiger partial charge >= 0.3 is 0 Å². The summed E-state index contributed by atoms with van der Waals surface area (Å²) >= 11 is 0. The van der Waals surface area contributed by atoms with Gasteiger partial charge in [-0.1, -0.05) is 173 Å². The number of carbonyl (C=O) groups is 1. The topological polar surface area (TPSA) is 110 Å². The van der Waals surface area contributed by atoms with Gasteiger partial charge in [0.15, 0.2) is 0 Å². The Bertz CT molecular complexity index is 697. The van der Waals surface area contributed by atoms with Gasteiger partial charge in [-0.2, -0.15) is 0 Å². The molecule has 0 bridgehead atoms. The summed E-state index contributed by atoms with van der Waals surface area (Å²) in [6, 6.07) is -1.00. The molecule has 0 saturated heterocycles. The van der Waals surface area contributed by atoms with E-state index in [1.54, 1.807) is 0 Å². The molecule has 4 atom stereocenters. The summed E-state index contributed by atoms with van der Waals surface area (Å²) in [6.07, 6.45) is 37.8. The zero-order valence-corrected chi connectivity index (χ0v) is 30.3. The van der Waals surface area contributed by atoms with Crippen molar-refractivity contribution >= 4 is 5.91 Å². The molecule has 6 nitrogen and oxygen atoms in total. The van der Waals surface area contributed by atoms with E-state index < -0.39 is 36.9 Å². The molecule has 46 heavy (non-hydrogen) atoms. The van der Waals surface area contributed by atoms with Crippen LogP contribution in [0.3, 0.4) is 0 Å². The highest BCUT2D eigenvalue weighted by Gasteiger charge is 2.28. The van der Waals surface area contributed by atoms with Crippen molar-refractivity contribution in [3.63, 3.8) is 0 Å². The normalized spacial score (nSPS) is 14.7. The van der Waals surface area contributed by atoms with Crippen LogP contribution in [0, 0.1) is 0 Å². The lowest BCUT2D eigenvalue weighted by Gasteiger charge is -2.27. The molecule has 0 heterocycles. The van der Waals surface area contributed by atoms with Gasteiger partial charge in [-0.3, -0.25) is 4.79 Å². The Labute approximate surface area is 284 Å². The molecular formula is C40H77NO5. The Kier molecular flexibility index (Phi) is 34.2. The van der Waals surface area contributed by atoms with E-state index >= 15 is 0 Å². The highest BCUT2D eigenvalue weighted by atomic mass is 16.3. The van der Waals surface area contributed by atoms with Crippen molar-refractivity contribution in [2.24, 2.45) is 0 Å². The Morgan fingerprint density at radius 1 is 0.522 bits per heavy atom. The van der Waals surface area contributed by atoms with Gasteiger partial charge in [0, 0.05) is 0 Å². The molecule has 0 rings (SSSR count). The number of carbonyl (C=O) groups excluding carboxylic acids is 1. The first-order chi connectivity index (χ1) is 22.5. The first-order valence-corrected chi connectivity index (χ1v) is 19.7. The lowest BCUT2D eigenvalue weighted by atomic mass is 10.00. The third-order valence-electron chi connectivity index (χ3n) is 9.14. The average Bonchev–Trinajstić information content (AvgIpc) is 3.06. The molecule has 0 aromatic rings. The quantitative estimate of drug-likeness (QED) is 0.0346. The third-order valence-corrected chi connectivity index (χ3v) is 9.14. The fourth-order valence-corrected chi connectivity index (χ4v) is 5.93. The molecule has 0 aromatic heterocycles. The number of allylic oxidation sites excluding steroid dienone is 4. The highest BCUT2D eigenvalue weighted by molar-refractivity contribution is 5.80. The minimum absolute atomic E-state index is 0.363. The van der Waals surface area contributed by atoms with Crippen LogP contribution < -0.4 is 5.32 Å². The van der Waals surface area contributed by atoms with E-state index in [9.17, 15) is 25.2 Å². The third kappa shape index (κ3) is 29.0. The van der Waals surface area contributed by atoms with Gasteiger partial charge in [0.25, 0.3) is 0 Å².